The van der Waals surface area contributed by atoms with Gasteiger partial charge < -0.3 is 9.64 Å². The Balaban J connectivity index is 4.01. The van der Waals surface area contributed by atoms with E-state index in [0.29, 0.717) is 6.42 Å². The molecule has 0 spiro atoms. The van der Waals surface area contributed by atoms with Crippen molar-refractivity contribution in [3.63, 3.8) is 0 Å². The molecule has 0 N–H and O–H groups in total. The van der Waals surface area contributed by atoms with Crippen LogP contribution in [-0.2, 0) is 9.53 Å². The predicted molar refractivity (Wildman–Crippen MR) is 210 cm³/mol. The van der Waals surface area contributed by atoms with Gasteiger partial charge >= 0.3 is 5.97 Å². The molecule has 1 atom stereocenters. The van der Waals surface area contributed by atoms with Gasteiger partial charge in [0.05, 0.1) is 0 Å². The SMILES string of the molecule is CCCCC/C=C/C/C=C/CCCCCCCCC(CCCCCCCC/C=C/C/C=C/CCCCCC)OC(=O)CCCN(C)C. The summed E-state index contributed by atoms with van der Waals surface area (Å²) in [5.41, 5.74) is 0. The van der Waals surface area contributed by atoms with Gasteiger partial charge in [0.2, 0.25) is 0 Å². The Morgan fingerprint density at radius 1 is 0.489 bits per heavy atom. The molecule has 0 saturated heterocycles. The molecule has 0 saturated carbocycles. The molecule has 47 heavy (non-hydrogen) atoms. The minimum atomic E-state index is 0.00686. The molecule has 0 aromatic heterocycles. The van der Waals surface area contributed by atoms with Crippen LogP contribution in [0.15, 0.2) is 48.6 Å². The molecule has 0 aliphatic carbocycles. The summed E-state index contributed by atoms with van der Waals surface area (Å²) in [4.78, 5) is 14.7. The van der Waals surface area contributed by atoms with E-state index >= 15 is 0 Å². The van der Waals surface area contributed by atoms with Gasteiger partial charge in [-0.1, -0.05) is 146 Å². The maximum Gasteiger partial charge on any atom is 0.306 e. The Labute approximate surface area is 295 Å². The van der Waals surface area contributed by atoms with Gasteiger partial charge in [-0.05, 0) is 117 Å². The Morgan fingerprint density at radius 2 is 0.851 bits per heavy atom. The third-order valence-electron chi connectivity index (χ3n) is 8.99. The largest absolute Gasteiger partial charge is 0.462 e. The van der Waals surface area contributed by atoms with Gasteiger partial charge in [-0.3, -0.25) is 4.79 Å². The van der Waals surface area contributed by atoms with Crippen LogP contribution in [0.1, 0.15) is 200 Å². The standard InChI is InChI=1S/C44H81NO2/c1-5-7-9-11-13-15-17-19-21-23-25-27-29-31-33-35-37-40-43(47-44(46)41-38-42-45(3)4)39-36-34-32-30-28-26-24-22-20-18-16-14-12-10-8-6-2/h14-17,20-23,43H,5-13,18-19,24-42H2,1-4H3/b16-14+,17-15+,22-20+,23-21+. The molecule has 0 amide bonds. The lowest BCUT2D eigenvalue weighted by atomic mass is 10.0. The van der Waals surface area contributed by atoms with E-state index in [-0.39, 0.29) is 12.1 Å². The number of carbonyl (C=O) groups excluding carboxylic acids is 1. The van der Waals surface area contributed by atoms with Crippen LogP contribution in [0.2, 0.25) is 0 Å². The average molecular weight is 656 g/mol. The van der Waals surface area contributed by atoms with E-state index in [4.69, 9.17) is 4.74 Å². The van der Waals surface area contributed by atoms with Crippen LogP contribution in [0.25, 0.3) is 0 Å². The molecule has 0 aliphatic rings. The van der Waals surface area contributed by atoms with E-state index in [1.54, 1.807) is 0 Å². The monoisotopic (exact) mass is 656 g/mol. The molecule has 0 bridgehead atoms. The summed E-state index contributed by atoms with van der Waals surface area (Å²) in [6.45, 7) is 5.47. The molecule has 0 rings (SSSR count). The Morgan fingerprint density at radius 3 is 1.28 bits per heavy atom. The van der Waals surface area contributed by atoms with Crippen LogP contribution in [0, 0.1) is 0 Å². The van der Waals surface area contributed by atoms with Gasteiger partial charge in [-0.15, -0.1) is 0 Å². The predicted octanol–water partition coefficient (Wildman–Crippen LogP) is 14.0. The number of unbranched alkanes of at least 4 members (excludes halogenated alkanes) is 19. The average Bonchev–Trinajstić information content (AvgIpc) is 3.05. The van der Waals surface area contributed by atoms with Gasteiger partial charge in [-0.2, -0.15) is 0 Å². The first-order chi connectivity index (χ1) is 23.1. The molecule has 1 unspecified atom stereocenters. The summed E-state index contributed by atoms with van der Waals surface area (Å²) >= 11 is 0. The maximum atomic E-state index is 12.5. The molecule has 274 valence electrons. The lowest BCUT2D eigenvalue weighted by Crippen LogP contribution is -2.20. The highest BCUT2D eigenvalue weighted by atomic mass is 16.5. The second-order valence-corrected chi connectivity index (χ2v) is 14.1. The second kappa shape index (κ2) is 38.8. The van der Waals surface area contributed by atoms with Crippen LogP contribution < -0.4 is 0 Å². The number of esters is 1. The third kappa shape index (κ3) is 38.7. The summed E-state index contributed by atoms with van der Waals surface area (Å²) in [5.74, 6) is 0.00686. The van der Waals surface area contributed by atoms with E-state index in [0.717, 1.165) is 38.6 Å². The number of allylic oxidation sites excluding steroid dienone is 8. The smallest absolute Gasteiger partial charge is 0.306 e. The zero-order valence-corrected chi connectivity index (χ0v) is 32.2. The van der Waals surface area contributed by atoms with Crippen LogP contribution in [0.5, 0.6) is 0 Å². The molecule has 3 heteroatoms. The van der Waals surface area contributed by atoms with Crippen molar-refractivity contribution in [2.24, 2.45) is 0 Å². The minimum Gasteiger partial charge on any atom is -0.462 e. The fourth-order valence-corrected chi connectivity index (χ4v) is 5.94. The summed E-state index contributed by atoms with van der Waals surface area (Å²) in [7, 11) is 4.12. The molecule has 0 aromatic rings. The third-order valence-corrected chi connectivity index (χ3v) is 8.99. The second-order valence-electron chi connectivity index (χ2n) is 14.1. The van der Waals surface area contributed by atoms with E-state index in [2.05, 4.69) is 81.5 Å². The highest BCUT2D eigenvalue weighted by Crippen LogP contribution is 2.18. The summed E-state index contributed by atoms with van der Waals surface area (Å²) in [6, 6.07) is 0. The molecule has 3 nitrogen and oxygen atoms in total. The van der Waals surface area contributed by atoms with E-state index in [9.17, 15) is 4.79 Å². The lowest BCUT2D eigenvalue weighted by Gasteiger charge is -2.18. The molecule has 0 heterocycles. The number of ether oxygens (including phenoxy) is 1. The summed E-state index contributed by atoms with van der Waals surface area (Å²) in [6.07, 6.45) is 54.2. The number of nitrogens with zero attached hydrogens (tertiary/aromatic N) is 1. The number of hydrogen-bond donors (Lipinski definition) is 0. The van der Waals surface area contributed by atoms with Gasteiger partial charge in [0, 0.05) is 6.42 Å². The Kier molecular flexibility index (Phi) is 37.5. The van der Waals surface area contributed by atoms with Crippen molar-refractivity contribution in [2.45, 2.75) is 206 Å². The zero-order valence-electron chi connectivity index (χ0n) is 32.2. The molecule has 0 aliphatic heterocycles. The molecular formula is C44H81NO2. The number of carbonyl (C=O) groups is 1. The van der Waals surface area contributed by atoms with Crippen molar-refractivity contribution in [3.05, 3.63) is 48.6 Å². The molecule has 0 radical (unpaired) electrons. The Bertz CT molecular complexity index is 750. The minimum absolute atomic E-state index is 0.00686. The van der Waals surface area contributed by atoms with E-state index in [1.165, 1.54) is 148 Å². The lowest BCUT2D eigenvalue weighted by molar-refractivity contribution is -0.150. The van der Waals surface area contributed by atoms with Crippen LogP contribution in [-0.4, -0.2) is 37.6 Å². The number of hydrogen-bond acceptors (Lipinski definition) is 3. The van der Waals surface area contributed by atoms with Crippen molar-refractivity contribution in [3.8, 4) is 0 Å². The van der Waals surface area contributed by atoms with Gasteiger partial charge in [0.25, 0.3) is 0 Å². The quantitative estimate of drug-likeness (QED) is 0.0382. The fraction of sp³-hybridized carbons (Fsp3) is 0.795. The first-order valence-corrected chi connectivity index (χ1v) is 20.5. The highest BCUT2D eigenvalue weighted by molar-refractivity contribution is 5.69. The Hall–Kier alpha value is -1.61. The van der Waals surface area contributed by atoms with Crippen molar-refractivity contribution in [1.82, 2.24) is 4.90 Å². The van der Waals surface area contributed by atoms with Crippen LogP contribution in [0.3, 0.4) is 0 Å². The summed E-state index contributed by atoms with van der Waals surface area (Å²) < 4.78 is 6.00. The van der Waals surface area contributed by atoms with Gasteiger partial charge in [0.15, 0.2) is 0 Å². The van der Waals surface area contributed by atoms with Gasteiger partial charge in [-0.25, -0.2) is 0 Å². The molecule has 0 fully saturated rings. The first kappa shape index (κ1) is 45.4. The molecular weight excluding hydrogens is 574 g/mol. The van der Waals surface area contributed by atoms with E-state index in [1.807, 2.05) is 0 Å². The van der Waals surface area contributed by atoms with E-state index < -0.39 is 0 Å². The van der Waals surface area contributed by atoms with Crippen LogP contribution >= 0.6 is 0 Å². The topological polar surface area (TPSA) is 29.5 Å². The normalized spacial score (nSPS) is 13.0. The molecule has 0 aromatic carbocycles. The van der Waals surface area contributed by atoms with Crippen molar-refractivity contribution in [2.75, 3.05) is 20.6 Å². The van der Waals surface area contributed by atoms with Gasteiger partial charge in [0.1, 0.15) is 6.10 Å². The van der Waals surface area contributed by atoms with Crippen LogP contribution in [0.4, 0.5) is 0 Å². The highest BCUT2D eigenvalue weighted by Gasteiger charge is 2.14. The van der Waals surface area contributed by atoms with Crippen molar-refractivity contribution >= 4 is 5.97 Å². The van der Waals surface area contributed by atoms with Crippen molar-refractivity contribution in [1.29, 1.82) is 0 Å². The first-order valence-electron chi connectivity index (χ1n) is 20.5. The fourth-order valence-electron chi connectivity index (χ4n) is 5.94. The zero-order chi connectivity index (χ0) is 34.3. The van der Waals surface area contributed by atoms with Crippen molar-refractivity contribution < 1.29 is 9.53 Å². The number of rotatable bonds is 36. The summed E-state index contributed by atoms with van der Waals surface area (Å²) in [5, 5.41) is 0. The maximum absolute atomic E-state index is 12.5.